The number of aryl methyl sites for hydroxylation is 1. The fourth-order valence-electron chi connectivity index (χ4n) is 2.64. The standard InChI is InChI=1S/C23H26O5/c1-16-11-13-18(14-12-16)15-23(17(2)24,21(26)28-22(3,4)5)27-20(25)19-9-7-6-8-10-19/h6-14H,15H2,1-5H3/t23-/m1/s1. The van der Waals surface area contributed by atoms with Crippen molar-refractivity contribution in [3.63, 3.8) is 0 Å². The zero-order valence-corrected chi connectivity index (χ0v) is 16.9. The van der Waals surface area contributed by atoms with Crippen LogP contribution in [0.3, 0.4) is 0 Å². The summed E-state index contributed by atoms with van der Waals surface area (Å²) in [6.45, 7) is 8.25. The van der Waals surface area contributed by atoms with Gasteiger partial charge in [0, 0.05) is 6.42 Å². The van der Waals surface area contributed by atoms with Gasteiger partial charge >= 0.3 is 11.9 Å². The van der Waals surface area contributed by atoms with E-state index in [1.54, 1.807) is 63.2 Å². The van der Waals surface area contributed by atoms with Gasteiger partial charge in [0.25, 0.3) is 5.60 Å². The third-order valence-corrected chi connectivity index (χ3v) is 4.15. The average molecular weight is 382 g/mol. The lowest BCUT2D eigenvalue weighted by Gasteiger charge is -2.32. The van der Waals surface area contributed by atoms with E-state index in [0.29, 0.717) is 5.56 Å². The summed E-state index contributed by atoms with van der Waals surface area (Å²) in [5.74, 6) is -2.22. The molecule has 0 saturated carbocycles. The second kappa shape index (κ2) is 8.38. The topological polar surface area (TPSA) is 69.7 Å². The van der Waals surface area contributed by atoms with Gasteiger partial charge in [-0.2, -0.15) is 0 Å². The van der Waals surface area contributed by atoms with Crippen LogP contribution in [-0.4, -0.2) is 28.9 Å². The molecule has 2 aromatic carbocycles. The number of Topliss-reactive ketones (excluding diaryl/α,β-unsaturated/α-hetero) is 1. The summed E-state index contributed by atoms with van der Waals surface area (Å²) in [6, 6.07) is 15.6. The molecule has 0 fully saturated rings. The Bertz CT molecular complexity index is 847. The van der Waals surface area contributed by atoms with Crippen LogP contribution in [0.2, 0.25) is 0 Å². The summed E-state index contributed by atoms with van der Waals surface area (Å²) in [5, 5.41) is 0. The molecule has 5 nitrogen and oxygen atoms in total. The first-order valence-corrected chi connectivity index (χ1v) is 9.12. The summed E-state index contributed by atoms with van der Waals surface area (Å²) < 4.78 is 11.0. The summed E-state index contributed by atoms with van der Waals surface area (Å²) in [7, 11) is 0. The van der Waals surface area contributed by atoms with Crippen LogP contribution in [0.1, 0.15) is 49.2 Å². The number of rotatable bonds is 6. The van der Waals surface area contributed by atoms with Crippen LogP contribution < -0.4 is 0 Å². The van der Waals surface area contributed by atoms with E-state index in [9.17, 15) is 14.4 Å². The normalized spacial score (nSPS) is 13.3. The van der Waals surface area contributed by atoms with Crippen molar-refractivity contribution in [2.45, 2.75) is 52.2 Å². The van der Waals surface area contributed by atoms with Gasteiger partial charge in [-0.1, -0.05) is 48.0 Å². The zero-order valence-electron chi connectivity index (χ0n) is 16.9. The number of esters is 2. The van der Waals surface area contributed by atoms with E-state index in [-0.39, 0.29) is 12.0 Å². The third kappa shape index (κ3) is 5.28. The highest BCUT2D eigenvalue weighted by atomic mass is 16.6. The number of benzene rings is 2. The van der Waals surface area contributed by atoms with E-state index in [1.807, 2.05) is 19.1 Å². The Morgan fingerprint density at radius 3 is 1.93 bits per heavy atom. The molecule has 0 saturated heterocycles. The minimum atomic E-state index is -2.06. The van der Waals surface area contributed by atoms with Crippen molar-refractivity contribution in [1.29, 1.82) is 0 Å². The van der Waals surface area contributed by atoms with E-state index in [0.717, 1.165) is 5.56 Å². The highest BCUT2D eigenvalue weighted by Crippen LogP contribution is 2.26. The molecule has 0 N–H and O–H groups in total. The van der Waals surface area contributed by atoms with Crippen LogP contribution in [-0.2, 0) is 25.5 Å². The molecule has 0 aliphatic carbocycles. The lowest BCUT2D eigenvalue weighted by Crippen LogP contribution is -2.54. The van der Waals surface area contributed by atoms with E-state index in [2.05, 4.69) is 0 Å². The Balaban J connectivity index is 2.46. The van der Waals surface area contributed by atoms with Crippen LogP contribution in [0.25, 0.3) is 0 Å². The fraction of sp³-hybridized carbons (Fsp3) is 0.348. The third-order valence-electron chi connectivity index (χ3n) is 4.15. The van der Waals surface area contributed by atoms with Crippen LogP contribution in [0.4, 0.5) is 0 Å². The Hall–Kier alpha value is -2.95. The average Bonchev–Trinajstić information content (AvgIpc) is 2.62. The van der Waals surface area contributed by atoms with Gasteiger partial charge in [-0.05, 0) is 52.3 Å². The predicted octanol–water partition coefficient (Wildman–Crippen LogP) is 4.06. The monoisotopic (exact) mass is 382 g/mol. The molecule has 2 aromatic rings. The molecule has 2 rings (SSSR count). The summed E-state index contributed by atoms with van der Waals surface area (Å²) in [4.78, 5) is 38.4. The van der Waals surface area contributed by atoms with Gasteiger partial charge < -0.3 is 9.47 Å². The largest absolute Gasteiger partial charge is 0.457 e. The number of ketones is 1. The van der Waals surface area contributed by atoms with Crippen molar-refractivity contribution in [3.8, 4) is 0 Å². The van der Waals surface area contributed by atoms with Crippen LogP contribution in [0.15, 0.2) is 54.6 Å². The van der Waals surface area contributed by atoms with Crippen LogP contribution in [0, 0.1) is 6.92 Å². The molecule has 1 atom stereocenters. The number of carbonyl (C=O) groups excluding carboxylic acids is 3. The van der Waals surface area contributed by atoms with E-state index in [4.69, 9.17) is 9.47 Å². The summed E-state index contributed by atoms with van der Waals surface area (Å²) in [6.07, 6.45) is -0.101. The first-order valence-electron chi connectivity index (χ1n) is 9.12. The maximum absolute atomic E-state index is 13.0. The smallest absolute Gasteiger partial charge is 0.359 e. The molecule has 0 aromatic heterocycles. The first kappa shape index (κ1) is 21.4. The maximum Gasteiger partial charge on any atom is 0.359 e. The summed E-state index contributed by atoms with van der Waals surface area (Å²) >= 11 is 0. The Morgan fingerprint density at radius 1 is 0.857 bits per heavy atom. The highest BCUT2D eigenvalue weighted by Gasteiger charge is 2.50. The van der Waals surface area contributed by atoms with Crippen LogP contribution >= 0.6 is 0 Å². The molecule has 5 heteroatoms. The molecule has 148 valence electrons. The molecule has 28 heavy (non-hydrogen) atoms. The number of hydrogen-bond acceptors (Lipinski definition) is 5. The number of carbonyl (C=O) groups is 3. The molecule has 0 bridgehead atoms. The van der Waals surface area contributed by atoms with E-state index < -0.39 is 28.9 Å². The molecular formula is C23H26O5. The molecule has 0 aliphatic heterocycles. The molecule has 0 unspecified atom stereocenters. The SMILES string of the molecule is CC(=O)[C@@](Cc1ccc(C)cc1)(OC(=O)c1ccccc1)C(=O)OC(C)(C)C. The van der Waals surface area contributed by atoms with Gasteiger partial charge in [0.2, 0.25) is 0 Å². The van der Waals surface area contributed by atoms with Crippen molar-refractivity contribution >= 4 is 17.7 Å². The molecule has 0 heterocycles. The van der Waals surface area contributed by atoms with Crippen molar-refractivity contribution in [2.24, 2.45) is 0 Å². The zero-order chi connectivity index (χ0) is 20.9. The van der Waals surface area contributed by atoms with Gasteiger partial charge in [-0.25, -0.2) is 9.59 Å². The van der Waals surface area contributed by atoms with Gasteiger partial charge in [-0.15, -0.1) is 0 Å². The van der Waals surface area contributed by atoms with Crippen molar-refractivity contribution in [1.82, 2.24) is 0 Å². The van der Waals surface area contributed by atoms with Crippen molar-refractivity contribution in [2.75, 3.05) is 0 Å². The number of ether oxygens (including phenoxy) is 2. The Kier molecular flexibility index (Phi) is 6.39. The van der Waals surface area contributed by atoms with Crippen LogP contribution in [0.5, 0.6) is 0 Å². The number of hydrogen-bond donors (Lipinski definition) is 0. The van der Waals surface area contributed by atoms with Gasteiger partial charge in [0.15, 0.2) is 5.78 Å². The molecule has 0 aliphatic rings. The quantitative estimate of drug-likeness (QED) is 0.556. The molecule has 0 radical (unpaired) electrons. The Morgan fingerprint density at radius 2 is 1.43 bits per heavy atom. The maximum atomic E-state index is 13.0. The van der Waals surface area contributed by atoms with Gasteiger partial charge in [0.05, 0.1) is 5.56 Å². The lowest BCUT2D eigenvalue weighted by molar-refractivity contribution is -0.180. The summed E-state index contributed by atoms with van der Waals surface area (Å²) in [5.41, 5.74) is -0.927. The second-order valence-corrected chi connectivity index (χ2v) is 7.80. The van der Waals surface area contributed by atoms with Gasteiger partial charge in [-0.3, -0.25) is 4.79 Å². The Labute approximate surface area is 165 Å². The molecule has 0 spiro atoms. The fourth-order valence-corrected chi connectivity index (χ4v) is 2.64. The molecule has 0 amide bonds. The first-order chi connectivity index (χ1) is 13.0. The predicted molar refractivity (Wildman–Crippen MR) is 106 cm³/mol. The minimum absolute atomic E-state index is 0.101. The second-order valence-electron chi connectivity index (χ2n) is 7.80. The van der Waals surface area contributed by atoms with Gasteiger partial charge in [0.1, 0.15) is 5.60 Å². The van der Waals surface area contributed by atoms with Crippen molar-refractivity contribution < 1.29 is 23.9 Å². The van der Waals surface area contributed by atoms with E-state index in [1.165, 1.54) is 6.92 Å². The van der Waals surface area contributed by atoms with Crippen molar-refractivity contribution in [3.05, 3.63) is 71.3 Å². The highest BCUT2D eigenvalue weighted by molar-refractivity contribution is 6.09. The molecular weight excluding hydrogens is 356 g/mol. The minimum Gasteiger partial charge on any atom is -0.457 e. The van der Waals surface area contributed by atoms with E-state index >= 15 is 0 Å². The lowest BCUT2D eigenvalue weighted by atomic mass is 9.89.